The van der Waals surface area contributed by atoms with Gasteiger partial charge in [0.05, 0.1) is 12.6 Å². The van der Waals surface area contributed by atoms with Crippen LogP contribution in [0.4, 0.5) is 5.13 Å². The minimum absolute atomic E-state index is 0.202. The fourth-order valence-corrected chi connectivity index (χ4v) is 4.70. The number of esters is 1. The summed E-state index contributed by atoms with van der Waals surface area (Å²) >= 11 is 7.20. The topological polar surface area (TPSA) is 86.1 Å². The molecule has 9 heteroatoms. The number of thiazole rings is 1. The number of carbonyl (C=O) groups excluding carboxylic acids is 2. The van der Waals surface area contributed by atoms with Gasteiger partial charge < -0.3 is 4.74 Å². The molecule has 0 atom stereocenters. The molecule has 0 spiro atoms. The molecule has 1 saturated carbocycles. The molecule has 29 heavy (non-hydrogen) atoms. The van der Waals surface area contributed by atoms with Gasteiger partial charge in [-0.25, -0.2) is 9.48 Å². The third kappa shape index (κ3) is 4.13. The van der Waals surface area contributed by atoms with Crippen LogP contribution < -0.4 is 5.32 Å². The van der Waals surface area contributed by atoms with Crippen LogP contribution in [0.15, 0.2) is 24.3 Å². The Kier molecular flexibility index (Phi) is 5.82. The lowest BCUT2D eigenvalue weighted by Gasteiger charge is -2.21. The maximum atomic E-state index is 12.6. The molecule has 1 N–H and O–H groups in total. The van der Waals surface area contributed by atoms with Gasteiger partial charge in [-0.15, -0.1) is 0 Å². The number of anilines is 1. The van der Waals surface area contributed by atoms with Crippen LogP contribution in [-0.4, -0.2) is 33.2 Å². The summed E-state index contributed by atoms with van der Waals surface area (Å²) < 4.78 is 7.65. The molecule has 1 fully saturated rings. The third-order valence-corrected chi connectivity index (χ3v) is 6.15. The van der Waals surface area contributed by atoms with E-state index in [1.165, 1.54) is 17.8 Å². The molecule has 1 amide bonds. The second kappa shape index (κ2) is 8.51. The molecular weight excluding hydrogens is 412 g/mol. The van der Waals surface area contributed by atoms with Crippen molar-refractivity contribution < 1.29 is 14.3 Å². The second-order valence-corrected chi connectivity index (χ2v) is 8.38. The number of rotatable bonds is 5. The fourth-order valence-electron chi connectivity index (χ4n) is 3.59. The van der Waals surface area contributed by atoms with E-state index >= 15 is 0 Å². The zero-order valence-corrected chi connectivity index (χ0v) is 17.6. The second-order valence-electron chi connectivity index (χ2n) is 6.94. The Morgan fingerprint density at radius 1 is 1.31 bits per heavy atom. The first kappa shape index (κ1) is 19.8. The van der Waals surface area contributed by atoms with Crippen LogP contribution in [0.2, 0.25) is 5.02 Å². The van der Waals surface area contributed by atoms with E-state index in [1.807, 2.05) is 4.68 Å². The molecule has 0 saturated heterocycles. The fraction of sp³-hybridized carbons (Fsp3) is 0.400. The van der Waals surface area contributed by atoms with Gasteiger partial charge in [-0.2, -0.15) is 10.1 Å². The molecule has 1 aliphatic carbocycles. The molecule has 0 radical (unpaired) electrons. The summed E-state index contributed by atoms with van der Waals surface area (Å²) in [7, 11) is 0. The summed E-state index contributed by atoms with van der Waals surface area (Å²) in [4.78, 5) is 29.6. The lowest BCUT2D eigenvalue weighted by Crippen LogP contribution is -2.16. The maximum absolute atomic E-state index is 12.6. The van der Waals surface area contributed by atoms with Crippen molar-refractivity contribution in [2.24, 2.45) is 0 Å². The van der Waals surface area contributed by atoms with E-state index < -0.39 is 5.97 Å². The Balaban J connectivity index is 1.69. The van der Waals surface area contributed by atoms with E-state index in [-0.39, 0.29) is 24.2 Å². The van der Waals surface area contributed by atoms with Crippen molar-refractivity contribution in [3.05, 3.63) is 40.5 Å². The van der Waals surface area contributed by atoms with E-state index in [2.05, 4.69) is 15.4 Å². The number of hydrogen-bond acceptors (Lipinski definition) is 6. The minimum atomic E-state index is -0.469. The van der Waals surface area contributed by atoms with Crippen molar-refractivity contribution in [3.8, 4) is 0 Å². The quantitative estimate of drug-likeness (QED) is 0.568. The molecule has 0 bridgehead atoms. The third-order valence-electron chi connectivity index (χ3n) is 4.95. The van der Waals surface area contributed by atoms with Gasteiger partial charge in [-0.1, -0.05) is 48.3 Å². The molecule has 1 aliphatic rings. The highest BCUT2D eigenvalue weighted by atomic mass is 35.5. The molecule has 0 unspecified atom stereocenters. The Hall–Kier alpha value is -2.45. The molecule has 3 aromatic rings. The van der Waals surface area contributed by atoms with Crippen molar-refractivity contribution >= 4 is 50.3 Å². The molecule has 1 aromatic carbocycles. The first-order chi connectivity index (χ1) is 14.1. The van der Waals surface area contributed by atoms with Gasteiger partial charge in [0.2, 0.25) is 0 Å². The predicted octanol–water partition coefficient (Wildman–Crippen LogP) is 5.08. The number of halogens is 1. The van der Waals surface area contributed by atoms with Crippen LogP contribution in [0.3, 0.4) is 0 Å². The molecular formula is C20H21ClN4O3S. The molecule has 7 nitrogen and oxygen atoms in total. The van der Waals surface area contributed by atoms with Gasteiger partial charge in [-0.05, 0) is 38.0 Å². The monoisotopic (exact) mass is 432 g/mol. The highest BCUT2D eigenvalue weighted by Gasteiger charge is 2.27. The van der Waals surface area contributed by atoms with Crippen molar-refractivity contribution in [1.29, 1.82) is 0 Å². The Morgan fingerprint density at radius 2 is 2.10 bits per heavy atom. The molecule has 2 heterocycles. The van der Waals surface area contributed by atoms with Gasteiger partial charge in [0, 0.05) is 10.6 Å². The number of benzene rings is 1. The molecule has 4 rings (SSSR count). The number of ether oxygens (including phenoxy) is 1. The SMILES string of the molecule is CCOC(=O)c1nn(C2CCCCC2)c2nc(NC(=O)c3cccc(Cl)c3)sc12. The highest BCUT2D eigenvalue weighted by molar-refractivity contribution is 7.22. The van der Waals surface area contributed by atoms with E-state index in [4.69, 9.17) is 16.3 Å². The van der Waals surface area contributed by atoms with Crippen LogP contribution in [0.5, 0.6) is 0 Å². The Morgan fingerprint density at radius 3 is 2.83 bits per heavy atom. The van der Waals surface area contributed by atoms with Crippen LogP contribution in [0.25, 0.3) is 10.3 Å². The maximum Gasteiger partial charge on any atom is 0.360 e. The van der Waals surface area contributed by atoms with Crippen LogP contribution in [-0.2, 0) is 4.74 Å². The van der Waals surface area contributed by atoms with Crippen LogP contribution >= 0.6 is 22.9 Å². The lowest BCUT2D eigenvalue weighted by atomic mass is 9.96. The number of nitrogens with zero attached hydrogens (tertiary/aromatic N) is 3. The van der Waals surface area contributed by atoms with E-state index in [0.717, 1.165) is 25.7 Å². The number of fused-ring (bicyclic) bond motifs is 1. The normalized spacial score (nSPS) is 14.8. The van der Waals surface area contributed by atoms with Gasteiger partial charge >= 0.3 is 5.97 Å². The zero-order chi connectivity index (χ0) is 20.4. The summed E-state index contributed by atoms with van der Waals surface area (Å²) in [6.07, 6.45) is 5.47. The number of nitrogens with one attached hydrogen (secondary N) is 1. The van der Waals surface area contributed by atoms with E-state index in [9.17, 15) is 9.59 Å². The van der Waals surface area contributed by atoms with E-state index in [0.29, 0.717) is 26.1 Å². The first-order valence-corrected chi connectivity index (χ1v) is 10.9. The van der Waals surface area contributed by atoms with Crippen LogP contribution in [0.1, 0.15) is 65.9 Å². The smallest absolute Gasteiger partial charge is 0.360 e. The lowest BCUT2D eigenvalue weighted by molar-refractivity contribution is 0.0520. The summed E-state index contributed by atoms with van der Waals surface area (Å²) in [5.41, 5.74) is 1.32. The average Bonchev–Trinajstić information content (AvgIpc) is 3.27. The summed E-state index contributed by atoms with van der Waals surface area (Å²) in [6.45, 7) is 2.03. The van der Waals surface area contributed by atoms with Gasteiger partial charge in [0.25, 0.3) is 5.91 Å². The van der Waals surface area contributed by atoms with Gasteiger partial charge in [0.1, 0.15) is 4.70 Å². The summed E-state index contributed by atoms with van der Waals surface area (Å²) in [5.74, 6) is -0.776. The number of carbonyl (C=O) groups is 2. The number of hydrogen-bond donors (Lipinski definition) is 1. The van der Waals surface area contributed by atoms with E-state index in [1.54, 1.807) is 31.2 Å². The average molecular weight is 433 g/mol. The highest BCUT2D eigenvalue weighted by Crippen LogP contribution is 2.35. The number of aromatic nitrogens is 3. The predicted molar refractivity (Wildman–Crippen MR) is 113 cm³/mol. The van der Waals surface area contributed by atoms with Gasteiger partial charge in [-0.3, -0.25) is 10.1 Å². The summed E-state index contributed by atoms with van der Waals surface area (Å²) in [5, 5.41) is 8.25. The minimum Gasteiger partial charge on any atom is -0.461 e. The summed E-state index contributed by atoms with van der Waals surface area (Å²) in [6, 6.07) is 6.91. The van der Waals surface area contributed by atoms with Crippen molar-refractivity contribution in [2.45, 2.75) is 45.1 Å². The van der Waals surface area contributed by atoms with Crippen molar-refractivity contribution in [1.82, 2.24) is 14.8 Å². The molecule has 152 valence electrons. The molecule has 0 aliphatic heterocycles. The zero-order valence-electron chi connectivity index (χ0n) is 16.0. The first-order valence-electron chi connectivity index (χ1n) is 9.70. The standard InChI is InChI=1S/C20H21ClN4O3S/c1-2-28-19(27)15-16-17(25(24-15)14-9-4-3-5-10-14)22-20(29-16)23-18(26)12-7-6-8-13(21)11-12/h6-8,11,14H,2-5,9-10H2,1H3,(H,22,23,26). The Labute approximate surface area is 177 Å². The van der Waals surface area contributed by atoms with Crippen molar-refractivity contribution in [3.63, 3.8) is 0 Å². The van der Waals surface area contributed by atoms with Crippen LogP contribution in [0, 0.1) is 0 Å². The Bertz CT molecular complexity index is 1060. The van der Waals surface area contributed by atoms with Crippen molar-refractivity contribution in [2.75, 3.05) is 11.9 Å². The largest absolute Gasteiger partial charge is 0.461 e. The van der Waals surface area contributed by atoms with Gasteiger partial charge in [0.15, 0.2) is 16.5 Å². The number of amides is 1. The molecule has 2 aromatic heterocycles.